The standard InChI is InChI=1S/C16H30N6O6/c1-3-9(2)13(22-12(24)8-20-11(23)7-17)14(25)21-10(15(26)27)5-4-6-19-16(18)28/h9-10,13H,3-8,17H2,1-2H3,(H,20,23)(H,21,25)(H,22,24)(H,26,27)(H3,18,19,28)/t9?,10-,13-/m0/s1. The molecule has 0 fully saturated rings. The van der Waals surface area contributed by atoms with Crippen molar-refractivity contribution in [2.24, 2.45) is 17.4 Å². The molecule has 3 atom stereocenters. The van der Waals surface area contributed by atoms with Crippen molar-refractivity contribution in [3.63, 3.8) is 0 Å². The first-order valence-electron chi connectivity index (χ1n) is 8.94. The SMILES string of the molecule is CCC(C)[C@H](NC(=O)CNC(=O)CN)C(=O)N[C@@H](CCCNC(N)=O)C(=O)O. The van der Waals surface area contributed by atoms with Gasteiger partial charge in [0.2, 0.25) is 17.7 Å². The largest absolute Gasteiger partial charge is 0.480 e. The lowest BCUT2D eigenvalue weighted by Crippen LogP contribution is -2.55. The van der Waals surface area contributed by atoms with Crippen LogP contribution < -0.4 is 32.7 Å². The second kappa shape index (κ2) is 13.3. The number of primary amides is 1. The third kappa shape index (κ3) is 10.3. The summed E-state index contributed by atoms with van der Waals surface area (Å²) in [7, 11) is 0. The van der Waals surface area contributed by atoms with Gasteiger partial charge in [0.1, 0.15) is 12.1 Å². The Morgan fingerprint density at radius 2 is 1.68 bits per heavy atom. The van der Waals surface area contributed by atoms with Gasteiger partial charge in [0.15, 0.2) is 0 Å². The van der Waals surface area contributed by atoms with Crippen molar-refractivity contribution >= 4 is 29.7 Å². The van der Waals surface area contributed by atoms with Crippen molar-refractivity contribution < 1.29 is 29.1 Å². The number of rotatable bonds is 13. The number of urea groups is 1. The number of carboxylic acid groups (broad SMARTS) is 1. The fourth-order valence-electron chi connectivity index (χ4n) is 2.21. The Hall–Kier alpha value is -2.89. The molecule has 0 aliphatic carbocycles. The lowest BCUT2D eigenvalue weighted by molar-refractivity contribution is -0.142. The third-order valence-electron chi connectivity index (χ3n) is 4.03. The van der Waals surface area contributed by atoms with Crippen LogP contribution in [0.4, 0.5) is 4.79 Å². The summed E-state index contributed by atoms with van der Waals surface area (Å²) in [5.41, 5.74) is 10.1. The molecule has 0 aliphatic rings. The second-order valence-corrected chi connectivity index (χ2v) is 6.24. The van der Waals surface area contributed by atoms with E-state index in [1.807, 2.05) is 6.92 Å². The minimum Gasteiger partial charge on any atom is -0.480 e. The second-order valence-electron chi connectivity index (χ2n) is 6.24. The maximum Gasteiger partial charge on any atom is 0.326 e. The first kappa shape index (κ1) is 25.1. The summed E-state index contributed by atoms with van der Waals surface area (Å²) in [6.07, 6.45) is 0.897. The molecule has 0 aromatic carbocycles. The predicted molar refractivity (Wildman–Crippen MR) is 99.8 cm³/mol. The number of hydrogen-bond donors (Lipinski definition) is 7. The van der Waals surface area contributed by atoms with Crippen molar-refractivity contribution in [1.82, 2.24) is 21.3 Å². The van der Waals surface area contributed by atoms with E-state index in [0.29, 0.717) is 6.42 Å². The first-order valence-corrected chi connectivity index (χ1v) is 8.94. The highest BCUT2D eigenvalue weighted by Gasteiger charge is 2.29. The van der Waals surface area contributed by atoms with Crippen LogP contribution in [0.15, 0.2) is 0 Å². The van der Waals surface area contributed by atoms with Gasteiger partial charge in [0.25, 0.3) is 0 Å². The van der Waals surface area contributed by atoms with Crippen LogP contribution >= 0.6 is 0 Å². The Kier molecular flexibility index (Phi) is 11.9. The van der Waals surface area contributed by atoms with E-state index in [4.69, 9.17) is 11.5 Å². The summed E-state index contributed by atoms with van der Waals surface area (Å²) in [4.78, 5) is 57.6. The summed E-state index contributed by atoms with van der Waals surface area (Å²) in [6, 6.07) is -2.89. The Morgan fingerprint density at radius 3 is 2.18 bits per heavy atom. The first-order chi connectivity index (χ1) is 13.1. The van der Waals surface area contributed by atoms with Crippen molar-refractivity contribution in [2.45, 2.75) is 45.2 Å². The molecule has 12 heteroatoms. The molecule has 28 heavy (non-hydrogen) atoms. The highest BCUT2D eigenvalue weighted by molar-refractivity contribution is 5.92. The van der Waals surface area contributed by atoms with Crippen molar-refractivity contribution in [2.75, 3.05) is 19.6 Å². The number of carboxylic acids is 1. The molecule has 12 nitrogen and oxygen atoms in total. The van der Waals surface area contributed by atoms with Gasteiger partial charge in [-0.05, 0) is 18.8 Å². The van der Waals surface area contributed by atoms with Gasteiger partial charge in [0.05, 0.1) is 13.1 Å². The molecule has 160 valence electrons. The highest BCUT2D eigenvalue weighted by Crippen LogP contribution is 2.09. The molecule has 0 saturated carbocycles. The van der Waals surface area contributed by atoms with E-state index in [9.17, 15) is 29.1 Å². The normalized spacial score (nSPS) is 13.5. The Labute approximate surface area is 163 Å². The average Bonchev–Trinajstić information content (AvgIpc) is 2.65. The van der Waals surface area contributed by atoms with Gasteiger partial charge >= 0.3 is 12.0 Å². The quantitative estimate of drug-likeness (QED) is 0.166. The molecule has 0 rings (SSSR count). The number of carbonyl (C=O) groups is 5. The number of nitrogens with two attached hydrogens (primary N) is 2. The molecule has 0 saturated heterocycles. The smallest absolute Gasteiger partial charge is 0.326 e. The van der Waals surface area contributed by atoms with E-state index in [1.165, 1.54) is 0 Å². The van der Waals surface area contributed by atoms with Gasteiger partial charge in [0, 0.05) is 6.54 Å². The topological polar surface area (TPSA) is 206 Å². The van der Waals surface area contributed by atoms with Gasteiger partial charge in [-0.2, -0.15) is 0 Å². The molecule has 0 aromatic rings. The fraction of sp³-hybridized carbons (Fsp3) is 0.688. The van der Waals surface area contributed by atoms with Crippen molar-refractivity contribution in [3.8, 4) is 0 Å². The fourth-order valence-corrected chi connectivity index (χ4v) is 2.21. The zero-order valence-electron chi connectivity index (χ0n) is 16.1. The van der Waals surface area contributed by atoms with Crippen LogP contribution in [-0.2, 0) is 19.2 Å². The molecule has 9 N–H and O–H groups in total. The van der Waals surface area contributed by atoms with E-state index in [-0.39, 0.29) is 38.4 Å². The summed E-state index contributed by atoms with van der Waals surface area (Å²) in [5, 5.41) is 18.8. The molecule has 0 bridgehead atoms. The summed E-state index contributed by atoms with van der Waals surface area (Å²) in [5.74, 6) is -3.28. The van der Waals surface area contributed by atoms with Crippen LogP contribution in [-0.4, -0.2) is 66.5 Å². The van der Waals surface area contributed by atoms with E-state index in [1.54, 1.807) is 6.92 Å². The highest BCUT2D eigenvalue weighted by atomic mass is 16.4. The van der Waals surface area contributed by atoms with Crippen LogP contribution in [0.2, 0.25) is 0 Å². The van der Waals surface area contributed by atoms with Crippen LogP contribution in [0.1, 0.15) is 33.1 Å². The average molecular weight is 402 g/mol. The van der Waals surface area contributed by atoms with Gasteiger partial charge in [-0.1, -0.05) is 20.3 Å². The number of aliphatic carboxylic acids is 1. The molecule has 0 aliphatic heterocycles. The van der Waals surface area contributed by atoms with Crippen LogP contribution in [0.3, 0.4) is 0 Å². The van der Waals surface area contributed by atoms with E-state index >= 15 is 0 Å². The molecule has 0 spiro atoms. The summed E-state index contributed by atoms with van der Waals surface area (Å²) >= 11 is 0. The zero-order chi connectivity index (χ0) is 21.7. The molecule has 0 aromatic heterocycles. The monoisotopic (exact) mass is 402 g/mol. The van der Waals surface area contributed by atoms with E-state index in [0.717, 1.165) is 0 Å². The zero-order valence-corrected chi connectivity index (χ0v) is 16.1. The molecular formula is C16H30N6O6. The number of carbonyl (C=O) groups excluding carboxylic acids is 4. The Morgan fingerprint density at radius 1 is 1.04 bits per heavy atom. The van der Waals surface area contributed by atoms with Gasteiger partial charge in [-0.25, -0.2) is 9.59 Å². The Bertz CT molecular complexity index is 570. The molecule has 1 unspecified atom stereocenters. The lowest BCUT2D eigenvalue weighted by Gasteiger charge is -2.25. The van der Waals surface area contributed by atoms with Gasteiger partial charge in [-0.3, -0.25) is 14.4 Å². The number of amides is 5. The molecule has 5 amide bonds. The molecule has 0 radical (unpaired) electrons. The van der Waals surface area contributed by atoms with Crippen molar-refractivity contribution in [3.05, 3.63) is 0 Å². The third-order valence-corrected chi connectivity index (χ3v) is 4.03. The predicted octanol–water partition coefficient (Wildman–Crippen LogP) is -2.39. The number of hydrogen-bond acceptors (Lipinski definition) is 6. The minimum atomic E-state index is -1.24. The summed E-state index contributed by atoms with van der Waals surface area (Å²) in [6.45, 7) is 3.10. The minimum absolute atomic E-state index is 0.0646. The van der Waals surface area contributed by atoms with Crippen molar-refractivity contribution in [1.29, 1.82) is 0 Å². The van der Waals surface area contributed by atoms with Crippen LogP contribution in [0.5, 0.6) is 0 Å². The van der Waals surface area contributed by atoms with Crippen LogP contribution in [0, 0.1) is 5.92 Å². The molecular weight excluding hydrogens is 372 g/mol. The van der Waals surface area contributed by atoms with Gasteiger partial charge < -0.3 is 37.8 Å². The van der Waals surface area contributed by atoms with Crippen LogP contribution in [0.25, 0.3) is 0 Å². The Balaban J connectivity index is 4.86. The van der Waals surface area contributed by atoms with Gasteiger partial charge in [-0.15, -0.1) is 0 Å². The maximum atomic E-state index is 12.5. The summed E-state index contributed by atoms with van der Waals surface area (Å²) < 4.78 is 0. The van der Waals surface area contributed by atoms with E-state index in [2.05, 4.69) is 21.3 Å². The lowest BCUT2D eigenvalue weighted by atomic mass is 9.97. The number of nitrogens with one attached hydrogen (secondary N) is 4. The molecule has 0 heterocycles. The van der Waals surface area contributed by atoms with E-state index < -0.39 is 41.8 Å². The maximum absolute atomic E-state index is 12.5.